The number of ether oxygens (including phenoxy) is 4. The molecular weight excluding hydrogens is 1130 g/mol. The van der Waals surface area contributed by atoms with E-state index in [9.17, 15) is 43.2 Å². The lowest BCUT2D eigenvalue weighted by molar-refractivity contribution is -0.161. The van der Waals surface area contributed by atoms with Crippen LogP contribution in [0.4, 0.5) is 0 Å². The van der Waals surface area contributed by atoms with Crippen LogP contribution in [0.5, 0.6) is 0 Å². The second-order valence-electron chi connectivity index (χ2n) is 24.8. The molecule has 5 atom stereocenters. The Morgan fingerprint density at radius 1 is 0.318 bits per heavy atom. The molecule has 0 bridgehead atoms. The van der Waals surface area contributed by atoms with Gasteiger partial charge in [0.25, 0.3) is 0 Å². The van der Waals surface area contributed by atoms with E-state index in [0.29, 0.717) is 25.7 Å². The van der Waals surface area contributed by atoms with Crippen molar-refractivity contribution >= 4 is 39.5 Å². The molecule has 17 nitrogen and oxygen atoms in total. The highest BCUT2D eigenvalue weighted by atomic mass is 31.2. The molecule has 504 valence electrons. The highest BCUT2D eigenvalue weighted by Gasteiger charge is 2.30. The quantitative estimate of drug-likeness (QED) is 0.0222. The Morgan fingerprint density at radius 2 is 0.541 bits per heavy atom. The van der Waals surface area contributed by atoms with Gasteiger partial charge in [0.05, 0.1) is 26.4 Å². The number of hydrogen-bond donors (Lipinski definition) is 3. The fourth-order valence-corrected chi connectivity index (χ4v) is 11.5. The number of phosphoric acid groups is 2. The van der Waals surface area contributed by atoms with E-state index in [4.69, 9.17) is 37.0 Å². The Labute approximate surface area is 517 Å². The predicted molar refractivity (Wildman–Crippen MR) is 340 cm³/mol. The Balaban J connectivity index is 5.16. The molecule has 0 aliphatic rings. The first-order valence-corrected chi connectivity index (χ1v) is 37.5. The first-order valence-electron chi connectivity index (χ1n) is 34.5. The first-order chi connectivity index (χ1) is 40.9. The van der Waals surface area contributed by atoms with Crippen molar-refractivity contribution in [3.63, 3.8) is 0 Å². The molecule has 0 heterocycles. The number of carbonyl (C=O) groups excluding carboxylic acids is 4. The lowest BCUT2D eigenvalue weighted by atomic mass is 10.0. The van der Waals surface area contributed by atoms with Gasteiger partial charge in [-0.15, -0.1) is 0 Å². The fraction of sp³-hybridized carbons (Fsp3) is 0.939. The van der Waals surface area contributed by atoms with E-state index in [1.165, 1.54) is 141 Å². The molecule has 0 radical (unpaired) electrons. The van der Waals surface area contributed by atoms with Crippen LogP contribution in [-0.2, 0) is 65.4 Å². The Hall–Kier alpha value is -1.94. The monoisotopic (exact) mass is 1250 g/mol. The van der Waals surface area contributed by atoms with Crippen LogP contribution in [0.2, 0.25) is 0 Å². The molecule has 0 aromatic heterocycles. The predicted octanol–water partition coefficient (Wildman–Crippen LogP) is 18.4. The second kappa shape index (κ2) is 58.4. The summed E-state index contributed by atoms with van der Waals surface area (Å²) in [6.45, 7) is 9.43. The number of esters is 4. The highest BCUT2D eigenvalue weighted by Crippen LogP contribution is 2.45. The minimum absolute atomic E-state index is 0.106. The Morgan fingerprint density at radius 3 is 0.800 bits per heavy atom. The molecule has 0 saturated carbocycles. The number of unbranched alkanes of at least 4 members (excludes halogenated alkanes) is 35. The first kappa shape index (κ1) is 83.1. The number of rotatable bonds is 65. The van der Waals surface area contributed by atoms with E-state index in [1.54, 1.807) is 0 Å². The van der Waals surface area contributed by atoms with Gasteiger partial charge in [-0.1, -0.05) is 279 Å². The minimum atomic E-state index is -4.95. The van der Waals surface area contributed by atoms with Gasteiger partial charge in [0.2, 0.25) is 0 Å². The summed E-state index contributed by atoms with van der Waals surface area (Å²) in [7, 11) is -9.88. The SMILES string of the molecule is CCCCCCCCCCCCCC(=O)O[C@H](COC(=O)CCCCCCC)COP(=O)(O)OC[C@H](O)COP(=O)(O)OC[C@@H](COC(=O)CCCCCCCCCCCC(C)C)OC(=O)CCCCCCCCCCCCCCCCC(C)C. The van der Waals surface area contributed by atoms with Crippen molar-refractivity contribution in [1.82, 2.24) is 0 Å². The minimum Gasteiger partial charge on any atom is -0.462 e. The summed E-state index contributed by atoms with van der Waals surface area (Å²) in [6.07, 6.45) is 42.0. The number of phosphoric ester groups is 2. The van der Waals surface area contributed by atoms with Gasteiger partial charge in [-0.05, 0) is 37.5 Å². The van der Waals surface area contributed by atoms with Crippen molar-refractivity contribution in [3.8, 4) is 0 Å². The number of aliphatic hydroxyl groups excluding tert-OH is 1. The maximum atomic E-state index is 13.0. The van der Waals surface area contributed by atoms with Crippen LogP contribution in [0, 0.1) is 11.8 Å². The Bertz CT molecular complexity index is 1670. The van der Waals surface area contributed by atoms with Gasteiger partial charge in [0, 0.05) is 25.7 Å². The summed E-state index contributed by atoms with van der Waals surface area (Å²) in [6, 6.07) is 0. The van der Waals surface area contributed by atoms with E-state index in [-0.39, 0.29) is 25.7 Å². The van der Waals surface area contributed by atoms with Gasteiger partial charge >= 0.3 is 39.5 Å². The van der Waals surface area contributed by atoms with Crippen LogP contribution < -0.4 is 0 Å². The molecule has 0 aromatic rings. The van der Waals surface area contributed by atoms with E-state index in [0.717, 1.165) is 108 Å². The molecule has 0 aliphatic carbocycles. The van der Waals surface area contributed by atoms with Crippen molar-refractivity contribution in [2.24, 2.45) is 11.8 Å². The zero-order valence-electron chi connectivity index (χ0n) is 54.9. The van der Waals surface area contributed by atoms with E-state index in [1.807, 2.05) is 0 Å². The van der Waals surface area contributed by atoms with Gasteiger partial charge < -0.3 is 33.8 Å². The number of aliphatic hydroxyl groups is 1. The molecule has 0 aliphatic heterocycles. The van der Waals surface area contributed by atoms with Crippen molar-refractivity contribution in [3.05, 3.63) is 0 Å². The van der Waals surface area contributed by atoms with Crippen LogP contribution in [-0.4, -0.2) is 96.7 Å². The second-order valence-corrected chi connectivity index (χ2v) is 27.7. The van der Waals surface area contributed by atoms with E-state index in [2.05, 4.69) is 41.5 Å². The summed E-state index contributed by atoms with van der Waals surface area (Å²) < 4.78 is 67.9. The molecule has 0 aromatic carbocycles. The summed E-state index contributed by atoms with van der Waals surface area (Å²) >= 11 is 0. The van der Waals surface area contributed by atoms with Gasteiger partial charge in [-0.2, -0.15) is 0 Å². The standard InChI is InChI=1S/C66H128O17P2/c1-7-9-11-13-14-15-20-26-32-38-44-50-65(70)82-61(54-76-63(68)48-42-34-12-10-8-2)56-80-84(72,73)78-52-60(67)53-79-85(74,75)81-57-62(55-77-64(69)49-43-37-31-28-23-25-30-36-41-47-59(5)6)83-66(71)51-45-39-33-27-22-19-17-16-18-21-24-29-35-40-46-58(3)4/h58-62,67H,7-57H2,1-6H3,(H,72,73)(H,74,75)/t60-,61+,62+/m0/s1. The average molecular weight is 1260 g/mol. The normalized spacial score (nSPS) is 14.2. The average Bonchev–Trinajstić information content (AvgIpc) is 3.53. The zero-order chi connectivity index (χ0) is 62.9. The maximum Gasteiger partial charge on any atom is 0.472 e. The Kier molecular flexibility index (Phi) is 57.1. The van der Waals surface area contributed by atoms with Crippen molar-refractivity contribution in [2.75, 3.05) is 39.6 Å². The van der Waals surface area contributed by atoms with Crippen LogP contribution in [0.3, 0.4) is 0 Å². The summed E-state index contributed by atoms with van der Waals surface area (Å²) in [5.74, 6) is -0.602. The van der Waals surface area contributed by atoms with Gasteiger partial charge in [0.1, 0.15) is 19.3 Å². The van der Waals surface area contributed by atoms with Gasteiger partial charge in [-0.3, -0.25) is 37.3 Å². The molecule has 3 N–H and O–H groups in total. The summed E-state index contributed by atoms with van der Waals surface area (Å²) in [5, 5.41) is 10.5. The lowest BCUT2D eigenvalue weighted by Gasteiger charge is -2.21. The molecule has 85 heavy (non-hydrogen) atoms. The third-order valence-corrected chi connectivity index (χ3v) is 17.1. The van der Waals surface area contributed by atoms with Crippen LogP contribution in [0.15, 0.2) is 0 Å². The number of hydrogen-bond acceptors (Lipinski definition) is 15. The van der Waals surface area contributed by atoms with E-state index < -0.39 is 97.5 Å². The maximum absolute atomic E-state index is 13.0. The molecule has 0 saturated heterocycles. The highest BCUT2D eigenvalue weighted by molar-refractivity contribution is 7.47. The van der Waals surface area contributed by atoms with Gasteiger partial charge in [-0.25, -0.2) is 9.13 Å². The van der Waals surface area contributed by atoms with Crippen molar-refractivity contribution < 1.29 is 80.2 Å². The van der Waals surface area contributed by atoms with Crippen LogP contribution >= 0.6 is 15.6 Å². The number of carbonyl (C=O) groups is 4. The molecule has 0 rings (SSSR count). The van der Waals surface area contributed by atoms with E-state index >= 15 is 0 Å². The molecule has 0 spiro atoms. The van der Waals surface area contributed by atoms with Crippen molar-refractivity contribution in [1.29, 1.82) is 0 Å². The summed E-state index contributed by atoms with van der Waals surface area (Å²) in [5.41, 5.74) is 0. The third kappa shape index (κ3) is 60.7. The molecular formula is C66H128O17P2. The zero-order valence-corrected chi connectivity index (χ0v) is 56.7. The molecule has 0 fully saturated rings. The van der Waals surface area contributed by atoms with Gasteiger partial charge in [0.15, 0.2) is 12.2 Å². The third-order valence-electron chi connectivity index (χ3n) is 15.2. The van der Waals surface area contributed by atoms with Crippen LogP contribution in [0.25, 0.3) is 0 Å². The lowest BCUT2D eigenvalue weighted by Crippen LogP contribution is -2.30. The van der Waals surface area contributed by atoms with Crippen LogP contribution in [0.1, 0.15) is 330 Å². The molecule has 19 heteroatoms. The molecule has 0 amide bonds. The summed E-state index contributed by atoms with van der Waals surface area (Å²) in [4.78, 5) is 72.1. The fourth-order valence-electron chi connectivity index (χ4n) is 9.88. The smallest absolute Gasteiger partial charge is 0.462 e. The molecule has 2 unspecified atom stereocenters. The largest absolute Gasteiger partial charge is 0.472 e. The van der Waals surface area contributed by atoms with Crippen molar-refractivity contribution in [2.45, 2.75) is 349 Å². The topological polar surface area (TPSA) is 237 Å².